The zero-order valence-electron chi connectivity index (χ0n) is 23.5. The fourth-order valence-corrected chi connectivity index (χ4v) is 5.78. The molecule has 218 valence electrons. The number of halogens is 1. The molecule has 1 spiro atoms. The van der Waals surface area contributed by atoms with E-state index in [1.807, 2.05) is 51.1 Å². The van der Waals surface area contributed by atoms with E-state index in [0.717, 1.165) is 0 Å². The topological polar surface area (TPSA) is 129 Å². The van der Waals surface area contributed by atoms with E-state index in [-0.39, 0.29) is 12.5 Å². The predicted octanol–water partition coefficient (Wildman–Crippen LogP) is 6.22. The van der Waals surface area contributed by atoms with Gasteiger partial charge in [-0.1, -0.05) is 35.9 Å². The predicted molar refractivity (Wildman–Crippen MR) is 160 cm³/mol. The number of nitrogens with one attached hydrogen (secondary N) is 3. The van der Waals surface area contributed by atoms with Gasteiger partial charge in [-0.15, -0.1) is 0 Å². The molecule has 4 heterocycles. The van der Waals surface area contributed by atoms with Crippen molar-refractivity contribution in [1.29, 1.82) is 0 Å². The van der Waals surface area contributed by atoms with Crippen LogP contribution in [0.2, 0.25) is 5.02 Å². The summed E-state index contributed by atoms with van der Waals surface area (Å²) in [5.74, 6) is 0.962. The first-order valence-electron chi connectivity index (χ1n) is 13.8. The summed E-state index contributed by atoms with van der Waals surface area (Å²) in [6, 6.07) is 14.5. The smallest absolute Gasteiger partial charge is 0.410 e. The normalized spacial score (nSPS) is 19.2. The van der Waals surface area contributed by atoms with Gasteiger partial charge in [0.2, 0.25) is 0 Å². The van der Waals surface area contributed by atoms with E-state index < -0.39 is 23.3 Å². The third kappa shape index (κ3) is 5.23. The van der Waals surface area contributed by atoms with Crippen LogP contribution in [0.5, 0.6) is 11.5 Å². The number of carbonyl (C=O) groups is 2. The van der Waals surface area contributed by atoms with Gasteiger partial charge in [0.15, 0.2) is 0 Å². The number of aliphatic hydroxyl groups excluding tert-OH is 1. The van der Waals surface area contributed by atoms with Crippen LogP contribution >= 0.6 is 11.6 Å². The summed E-state index contributed by atoms with van der Waals surface area (Å²) in [7, 11) is 0. The Labute approximate surface area is 248 Å². The first-order valence-corrected chi connectivity index (χ1v) is 14.2. The summed E-state index contributed by atoms with van der Waals surface area (Å²) < 4.78 is 11.5. The summed E-state index contributed by atoms with van der Waals surface area (Å²) in [6.07, 6.45) is 2.81. The number of aromatic nitrogens is 2. The summed E-state index contributed by atoms with van der Waals surface area (Å²) >= 11 is 6.64. The number of H-pyrrole nitrogens is 1. The van der Waals surface area contributed by atoms with Gasteiger partial charge in [0, 0.05) is 23.9 Å². The zero-order chi connectivity index (χ0) is 29.6. The molecule has 2 aromatic heterocycles. The monoisotopic (exact) mass is 589 g/mol. The number of rotatable bonds is 4. The lowest BCUT2D eigenvalue weighted by Gasteiger charge is -2.45. The van der Waals surface area contributed by atoms with Gasteiger partial charge in [-0.05, 0) is 57.9 Å². The minimum atomic E-state index is -1.11. The first kappa shape index (κ1) is 27.9. The van der Waals surface area contributed by atoms with Crippen molar-refractivity contribution in [3.05, 3.63) is 77.1 Å². The average Bonchev–Trinajstić information content (AvgIpc) is 3.38. The second-order valence-electron chi connectivity index (χ2n) is 11.7. The molecule has 2 aliphatic rings. The highest BCUT2D eigenvalue weighted by atomic mass is 35.5. The Morgan fingerprint density at radius 3 is 2.67 bits per heavy atom. The Morgan fingerprint density at radius 1 is 1.14 bits per heavy atom. The summed E-state index contributed by atoms with van der Waals surface area (Å²) in [4.78, 5) is 35.5. The minimum Gasteiger partial charge on any atom is -0.457 e. The van der Waals surface area contributed by atoms with Gasteiger partial charge in [0.25, 0.3) is 5.91 Å². The number of fused-ring (bicyclic) bond motifs is 3. The van der Waals surface area contributed by atoms with E-state index in [2.05, 4.69) is 20.6 Å². The van der Waals surface area contributed by atoms with Gasteiger partial charge in [0.1, 0.15) is 34.4 Å². The van der Waals surface area contributed by atoms with Gasteiger partial charge in [-0.3, -0.25) is 4.79 Å². The summed E-state index contributed by atoms with van der Waals surface area (Å²) in [6.45, 7) is 6.05. The number of ether oxygens (including phenoxy) is 2. The highest BCUT2D eigenvalue weighted by Gasteiger charge is 2.47. The SMILES string of the molecule is CC(C)(C)OC(=O)N1CCCC2(C1)Nc1c(cnc3[nH]cc(C(O)c4ccc(Oc5ccccc5)cc4Cl)c13)NC2=O. The molecule has 6 rings (SSSR count). The lowest BCUT2D eigenvalue weighted by Crippen LogP contribution is -2.62. The largest absolute Gasteiger partial charge is 0.457 e. The Kier molecular flexibility index (Phi) is 6.98. The van der Waals surface area contributed by atoms with Crippen LogP contribution in [0.25, 0.3) is 11.0 Å². The number of pyridine rings is 1. The Morgan fingerprint density at radius 2 is 1.93 bits per heavy atom. The van der Waals surface area contributed by atoms with Gasteiger partial charge in [-0.25, -0.2) is 9.78 Å². The molecular weight excluding hydrogens is 558 g/mol. The standard InChI is InChI=1S/C31H32ClN5O5/c1-30(2,3)42-29(40)37-13-7-12-31(17-37)28(39)35-23-16-34-27-24(25(23)36-31)21(15-33-27)26(38)20-11-10-19(14-22(20)32)41-18-8-5-4-6-9-18/h4-6,8-11,14-16,26,36,38H,7,12-13,17H2,1-3H3,(H,33,34)(H,35,39). The van der Waals surface area contributed by atoms with Crippen molar-refractivity contribution in [2.75, 3.05) is 23.7 Å². The molecule has 1 saturated heterocycles. The van der Waals surface area contributed by atoms with Crippen molar-refractivity contribution in [2.24, 2.45) is 0 Å². The number of piperidine rings is 1. The second-order valence-corrected chi connectivity index (χ2v) is 12.1. The molecule has 0 radical (unpaired) electrons. The van der Waals surface area contributed by atoms with Crippen LogP contribution in [-0.2, 0) is 9.53 Å². The van der Waals surface area contributed by atoms with E-state index in [1.54, 1.807) is 35.5 Å². The number of benzene rings is 2. The lowest BCUT2D eigenvalue weighted by molar-refractivity contribution is -0.122. The fourth-order valence-electron chi connectivity index (χ4n) is 5.51. The third-order valence-electron chi connectivity index (χ3n) is 7.46. The van der Waals surface area contributed by atoms with Crippen molar-refractivity contribution < 1.29 is 24.2 Å². The fraction of sp³-hybridized carbons (Fsp3) is 0.323. The van der Waals surface area contributed by atoms with Crippen molar-refractivity contribution in [2.45, 2.75) is 50.9 Å². The van der Waals surface area contributed by atoms with E-state index in [0.29, 0.717) is 69.4 Å². The maximum Gasteiger partial charge on any atom is 0.410 e. The molecule has 11 heteroatoms. The van der Waals surface area contributed by atoms with Crippen molar-refractivity contribution in [3.63, 3.8) is 0 Å². The molecule has 10 nitrogen and oxygen atoms in total. The molecule has 0 bridgehead atoms. The summed E-state index contributed by atoms with van der Waals surface area (Å²) in [5, 5.41) is 18.9. The van der Waals surface area contributed by atoms with E-state index >= 15 is 0 Å². The minimum absolute atomic E-state index is 0.133. The van der Waals surface area contributed by atoms with Crippen LogP contribution < -0.4 is 15.4 Å². The zero-order valence-corrected chi connectivity index (χ0v) is 24.3. The average molecular weight is 590 g/mol. The van der Waals surface area contributed by atoms with Gasteiger partial charge in [0.05, 0.1) is 34.5 Å². The number of aliphatic hydroxyl groups is 1. The molecule has 4 aromatic rings. The van der Waals surface area contributed by atoms with Crippen LogP contribution in [0.1, 0.15) is 50.8 Å². The molecule has 4 N–H and O–H groups in total. The van der Waals surface area contributed by atoms with Crippen LogP contribution in [0, 0.1) is 0 Å². The van der Waals surface area contributed by atoms with E-state index in [1.165, 1.54) is 0 Å². The number of aromatic amines is 1. The molecule has 2 aromatic carbocycles. The molecule has 42 heavy (non-hydrogen) atoms. The van der Waals surface area contributed by atoms with Crippen LogP contribution in [0.15, 0.2) is 60.9 Å². The number of carbonyl (C=O) groups excluding carboxylic acids is 2. The second kappa shape index (κ2) is 10.5. The highest BCUT2D eigenvalue weighted by Crippen LogP contribution is 2.44. The van der Waals surface area contributed by atoms with Crippen LogP contribution in [0.4, 0.5) is 16.2 Å². The number of nitrogens with zero attached hydrogens (tertiary/aromatic N) is 2. The molecule has 0 aliphatic carbocycles. The third-order valence-corrected chi connectivity index (χ3v) is 7.79. The molecule has 2 unspecified atom stereocenters. The molecule has 2 atom stereocenters. The number of hydrogen-bond donors (Lipinski definition) is 4. The lowest BCUT2D eigenvalue weighted by atomic mass is 9.85. The van der Waals surface area contributed by atoms with E-state index in [4.69, 9.17) is 21.1 Å². The maximum atomic E-state index is 13.4. The highest BCUT2D eigenvalue weighted by molar-refractivity contribution is 6.31. The number of para-hydroxylation sites is 1. The van der Waals surface area contributed by atoms with Gasteiger partial charge < -0.3 is 35.1 Å². The van der Waals surface area contributed by atoms with Gasteiger partial charge in [-0.2, -0.15) is 0 Å². The van der Waals surface area contributed by atoms with Crippen LogP contribution in [0.3, 0.4) is 0 Å². The molecule has 2 aliphatic heterocycles. The quantitative estimate of drug-likeness (QED) is 0.222. The molecule has 2 amide bonds. The summed E-state index contributed by atoms with van der Waals surface area (Å²) in [5.41, 5.74) is 0.910. The van der Waals surface area contributed by atoms with Gasteiger partial charge >= 0.3 is 6.09 Å². The Bertz CT molecular complexity index is 1670. The van der Waals surface area contributed by atoms with Crippen molar-refractivity contribution in [3.8, 4) is 11.5 Å². The van der Waals surface area contributed by atoms with Crippen molar-refractivity contribution >= 4 is 46.0 Å². The molecular formula is C31H32ClN5O5. The number of anilines is 2. The molecule has 0 saturated carbocycles. The maximum absolute atomic E-state index is 13.4. The number of amides is 2. The van der Waals surface area contributed by atoms with Crippen LogP contribution in [-0.4, -0.2) is 56.2 Å². The first-order chi connectivity index (χ1) is 20.0. The Hall–Kier alpha value is -4.28. The van der Waals surface area contributed by atoms with E-state index in [9.17, 15) is 14.7 Å². The Balaban J connectivity index is 1.32. The molecule has 1 fully saturated rings. The number of likely N-dealkylation sites (tertiary alicyclic amines) is 1. The van der Waals surface area contributed by atoms with Crippen molar-refractivity contribution in [1.82, 2.24) is 14.9 Å². The number of hydrogen-bond acceptors (Lipinski definition) is 7.